The highest BCUT2D eigenvalue weighted by Crippen LogP contribution is 2.25. The molecule has 18 heavy (non-hydrogen) atoms. The van der Waals surface area contributed by atoms with Gasteiger partial charge in [-0.15, -0.1) is 0 Å². The van der Waals surface area contributed by atoms with E-state index in [2.05, 4.69) is 0 Å². The smallest absolute Gasteiger partial charge is 0.279 e. The van der Waals surface area contributed by atoms with Gasteiger partial charge in [-0.05, 0) is 6.07 Å². The summed E-state index contributed by atoms with van der Waals surface area (Å²) in [4.78, 5) is 31.5. The first-order valence-electron chi connectivity index (χ1n) is 5.27. The maximum atomic E-state index is 11.5. The molecular weight excluding hydrogens is 240 g/mol. The van der Waals surface area contributed by atoms with Crippen LogP contribution in [0.25, 0.3) is 0 Å². The Kier molecular flexibility index (Phi) is 4.09. The number of carbonyl (C=O) groups excluding carboxylic acids is 1. The molecule has 0 aliphatic carbocycles. The van der Waals surface area contributed by atoms with E-state index >= 15 is 0 Å². The van der Waals surface area contributed by atoms with Crippen molar-refractivity contribution in [3.8, 4) is 0 Å². The molecule has 96 valence electrons. The summed E-state index contributed by atoms with van der Waals surface area (Å²) in [6.45, 7) is 3.39. The largest absolute Gasteiger partial charge is 0.299 e. The van der Waals surface area contributed by atoms with Crippen LogP contribution in [0.15, 0.2) is 18.2 Å². The normalized spacial score (nSPS) is 10.4. The number of carbonyl (C=O) groups is 1. The van der Waals surface area contributed by atoms with Gasteiger partial charge in [0.1, 0.15) is 5.78 Å². The first-order valence-corrected chi connectivity index (χ1v) is 5.27. The standard InChI is InChI=1S/C11H12N2O5/c1-7(2)11(14)5-8-3-4-9(12(15)16)6-10(8)13(17)18/h3-4,6-7H,5H2,1-2H3. The quantitative estimate of drug-likeness (QED) is 0.590. The monoisotopic (exact) mass is 252 g/mol. The van der Waals surface area contributed by atoms with Crippen molar-refractivity contribution in [2.24, 2.45) is 5.92 Å². The first-order chi connectivity index (χ1) is 8.32. The van der Waals surface area contributed by atoms with E-state index in [1.165, 1.54) is 6.07 Å². The predicted molar refractivity (Wildman–Crippen MR) is 63.3 cm³/mol. The fraction of sp³-hybridized carbons (Fsp3) is 0.364. The molecule has 7 heteroatoms. The number of Topliss-reactive ketones (excluding diaryl/α,β-unsaturated/α-hetero) is 1. The molecule has 0 aliphatic heterocycles. The maximum Gasteiger partial charge on any atom is 0.279 e. The Balaban J connectivity index is 3.16. The number of nitro groups is 2. The molecule has 0 fully saturated rings. The summed E-state index contributed by atoms with van der Waals surface area (Å²) in [5.74, 6) is -0.383. The number of nitro benzene ring substituents is 2. The van der Waals surface area contributed by atoms with E-state index in [4.69, 9.17) is 0 Å². The average Bonchev–Trinajstić information content (AvgIpc) is 2.28. The van der Waals surface area contributed by atoms with Crippen LogP contribution in [0, 0.1) is 26.1 Å². The summed E-state index contributed by atoms with van der Waals surface area (Å²) >= 11 is 0. The van der Waals surface area contributed by atoms with Crippen LogP contribution in [0.4, 0.5) is 11.4 Å². The Bertz CT molecular complexity index is 510. The van der Waals surface area contributed by atoms with Gasteiger partial charge in [0.05, 0.1) is 15.9 Å². The zero-order valence-electron chi connectivity index (χ0n) is 9.95. The van der Waals surface area contributed by atoms with Gasteiger partial charge in [0.2, 0.25) is 0 Å². The predicted octanol–water partition coefficient (Wildman–Crippen LogP) is 2.27. The van der Waals surface area contributed by atoms with Crippen molar-refractivity contribution >= 4 is 17.2 Å². The van der Waals surface area contributed by atoms with Gasteiger partial charge >= 0.3 is 0 Å². The highest BCUT2D eigenvalue weighted by Gasteiger charge is 2.21. The molecule has 1 aromatic carbocycles. The molecule has 0 unspecified atom stereocenters. The number of benzene rings is 1. The highest BCUT2D eigenvalue weighted by molar-refractivity contribution is 5.83. The molecule has 0 N–H and O–H groups in total. The third-order valence-electron chi connectivity index (χ3n) is 2.49. The van der Waals surface area contributed by atoms with Crippen LogP contribution < -0.4 is 0 Å². The molecule has 1 rings (SSSR count). The van der Waals surface area contributed by atoms with Gasteiger partial charge in [0.15, 0.2) is 0 Å². The van der Waals surface area contributed by atoms with Gasteiger partial charge in [0.25, 0.3) is 11.4 Å². The van der Waals surface area contributed by atoms with E-state index < -0.39 is 15.5 Å². The molecule has 0 bridgehead atoms. The summed E-state index contributed by atoms with van der Waals surface area (Å²) in [6, 6.07) is 3.30. The minimum Gasteiger partial charge on any atom is -0.299 e. The zero-order valence-corrected chi connectivity index (χ0v) is 9.95. The van der Waals surface area contributed by atoms with E-state index in [1.54, 1.807) is 13.8 Å². The molecule has 0 saturated carbocycles. The number of rotatable bonds is 5. The Morgan fingerprint density at radius 3 is 2.28 bits per heavy atom. The van der Waals surface area contributed by atoms with Gasteiger partial charge < -0.3 is 0 Å². The van der Waals surface area contributed by atoms with Crippen LogP contribution in [0.2, 0.25) is 0 Å². The second-order valence-electron chi connectivity index (χ2n) is 4.13. The Morgan fingerprint density at radius 1 is 1.22 bits per heavy atom. The van der Waals surface area contributed by atoms with Crippen LogP contribution in [-0.2, 0) is 11.2 Å². The fourth-order valence-electron chi connectivity index (χ4n) is 1.38. The number of hydrogen-bond acceptors (Lipinski definition) is 5. The second kappa shape index (κ2) is 5.35. The molecular formula is C11H12N2O5. The van der Waals surface area contributed by atoms with E-state index in [0.29, 0.717) is 0 Å². The molecule has 7 nitrogen and oxygen atoms in total. The van der Waals surface area contributed by atoms with Crippen molar-refractivity contribution in [1.82, 2.24) is 0 Å². The highest BCUT2D eigenvalue weighted by atomic mass is 16.6. The molecule has 0 radical (unpaired) electrons. The van der Waals surface area contributed by atoms with Gasteiger partial charge in [0, 0.05) is 24.0 Å². The average molecular weight is 252 g/mol. The number of ketones is 1. The van der Waals surface area contributed by atoms with Crippen LogP contribution in [0.1, 0.15) is 19.4 Å². The maximum absolute atomic E-state index is 11.5. The van der Waals surface area contributed by atoms with Gasteiger partial charge in [-0.2, -0.15) is 0 Å². The molecule has 1 aromatic rings. The van der Waals surface area contributed by atoms with Crippen molar-refractivity contribution in [2.45, 2.75) is 20.3 Å². The van der Waals surface area contributed by atoms with Crippen molar-refractivity contribution in [2.75, 3.05) is 0 Å². The zero-order chi connectivity index (χ0) is 13.9. The first kappa shape index (κ1) is 13.8. The second-order valence-corrected chi connectivity index (χ2v) is 4.13. The fourth-order valence-corrected chi connectivity index (χ4v) is 1.38. The topological polar surface area (TPSA) is 103 Å². The Hall–Kier alpha value is -2.31. The van der Waals surface area contributed by atoms with Crippen LogP contribution in [0.3, 0.4) is 0 Å². The van der Waals surface area contributed by atoms with Crippen molar-refractivity contribution < 1.29 is 14.6 Å². The summed E-state index contributed by atoms with van der Waals surface area (Å²) in [5, 5.41) is 21.4. The van der Waals surface area contributed by atoms with E-state index in [9.17, 15) is 25.0 Å². The van der Waals surface area contributed by atoms with Crippen LogP contribution in [0.5, 0.6) is 0 Å². The lowest BCUT2D eigenvalue weighted by Gasteiger charge is -2.04. The number of hydrogen-bond donors (Lipinski definition) is 0. The van der Waals surface area contributed by atoms with Gasteiger partial charge in [-0.1, -0.05) is 13.8 Å². The molecule has 0 amide bonds. The third-order valence-corrected chi connectivity index (χ3v) is 2.49. The molecule has 0 aliphatic rings. The van der Waals surface area contributed by atoms with E-state index in [0.717, 1.165) is 12.1 Å². The van der Waals surface area contributed by atoms with Crippen molar-refractivity contribution in [1.29, 1.82) is 0 Å². The SMILES string of the molecule is CC(C)C(=O)Cc1ccc([N+](=O)[O-])cc1[N+](=O)[O-]. The number of nitrogens with zero attached hydrogens (tertiary/aromatic N) is 2. The molecule has 0 spiro atoms. The van der Waals surface area contributed by atoms with Crippen molar-refractivity contribution in [3.63, 3.8) is 0 Å². The summed E-state index contributed by atoms with van der Waals surface area (Å²) in [5.41, 5.74) is -0.551. The molecule has 0 saturated heterocycles. The lowest BCUT2D eigenvalue weighted by molar-refractivity contribution is -0.394. The molecule has 0 heterocycles. The summed E-state index contributed by atoms with van der Waals surface area (Å²) in [7, 11) is 0. The molecule has 0 atom stereocenters. The summed E-state index contributed by atoms with van der Waals surface area (Å²) < 4.78 is 0. The summed E-state index contributed by atoms with van der Waals surface area (Å²) in [6.07, 6.45) is -0.0913. The lowest BCUT2D eigenvalue weighted by atomic mass is 9.99. The number of non-ortho nitro benzene ring substituents is 1. The molecule has 0 aromatic heterocycles. The van der Waals surface area contributed by atoms with Crippen LogP contribution >= 0.6 is 0 Å². The lowest BCUT2D eigenvalue weighted by Crippen LogP contribution is -2.11. The van der Waals surface area contributed by atoms with E-state index in [-0.39, 0.29) is 29.4 Å². The minimum absolute atomic E-state index is 0.0913. The van der Waals surface area contributed by atoms with Crippen LogP contribution in [-0.4, -0.2) is 15.6 Å². The van der Waals surface area contributed by atoms with Crippen molar-refractivity contribution in [3.05, 3.63) is 44.0 Å². The third kappa shape index (κ3) is 3.09. The Labute approximate surface area is 103 Å². The van der Waals surface area contributed by atoms with Gasteiger partial charge in [-0.25, -0.2) is 0 Å². The van der Waals surface area contributed by atoms with E-state index in [1.807, 2.05) is 0 Å². The minimum atomic E-state index is -0.712. The van der Waals surface area contributed by atoms with Gasteiger partial charge in [-0.3, -0.25) is 25.0 Å². The Morgan fingerprint density at radius 2 is 1.83 bits per heavy atom.